The number of morpholine rings is 2. The molecule has 0 aliphatic carbocycles. The van der Waals surface area contributed by atoms with Crippen molar-refractivity contribution >= 4 is 0 Å². The molecule has 0 N–H and O–H groups in total. The fourth-order valence-electron chi connectivity index (χ4n) is 2.40. The Morgan fingerprint density at radius 3 is 2.12 bits per heavy atom. The number of hydrogen-bond acceptors (Lipinski definition) is 4. The Hall–Kier alpha value is -0.160. The Balaban J connectivity index is 1.63. The lowest BCUT2D eigenvalue weighted by atomic mass is 10.2. The van der Waals surface area contributed by atoms with Gasteiger partial charge in [-0.1, -0.05) is 0 Å². The first-order valence-electron chi connectivity index (χ1n) is 6.48. The molecule has 2 heterocycles. The quantitative estimate of drug-likeness (QED) is 0.696. The first-order chi connectivity index (χ1) is 7.86. The molecule has 4 heteroatoms. The summed E-state index contributed by atoms with van der Waals surface area (Å²) in [5, 5.41) is 0. The molecule has 4 nitrogen and oxygen atoms in total. The number of ether oxygens (including phenoxy) is 2. The van der Waals surface area contributed by atoms with E-state index >= 15 is 0 Å². The van der Waals surface area contributed by atoms with E-state index in [-0.39, 0.29) is 0 Å². The third-order valence-corrected chi connectivity index (χ3v) is 3.64. The fraction of sp³-hybridized carbons (Fsp3) is 1.00. The Morgan fingerprint density at radius 1 is 0.938 bits per heavy atom. The summed E-state index contributed by atoms with van der Waals surface area (Å²) in [6, 6.07) is 0.687. The zero-order valence-electron chi connectivity index (χ0n) is 10.4. The molecule has 0 radical (unpaired) electrons. The first-order valence-corrected chi connectivity index (χ1v) is 6.48. The summed E-state index contributed by atoms with van der Waals surface area (Å²) in [6.07, 6.45) is 1.26. The van der Waals surface area contributed by atoms with Gasteiger partial charge in [-0.2, -0.15) is 0 Å². The van der Waals surface area contributed by atoms with Gasteiger partial charge in [0.15, 0.2) is 0 Å². The molecule has 1 atom stereocenters. The normalized spacial score (nSPS) is 26.8. The molecule has 94 valence electrons. The van der Waals surface area contributed by atoms with Crippen LogP contribution in [-0.2, 0) is 9.47 Å². The summed E-state index contributed by atoms with van der Waals surface area (Å²) < 4.78 is 10.7. The van der Waals surface area contributed by atoms with Crippen LogP contribution in [0.4, 0.5) is 0 Å². The van der Waals surface area contributed by atoms with E-state index in [0.29, 0.717) is 6.04 Å². The molecular formula is C12H24N2O2. The Bertz CT molecular complexity index is 189. The summed E-state index contributed by atoms with van der Waals surface area (Å²) in [5.41, 5.74) is 0. The van der Waals surface area contributed by atoms with Crippen molar-refractivity contribution in [2.45, 2.75) is 19.4 Å². The van der Waals surface area contributed by atoms with Crippen molar-refractivity contribution in [3.8, 4) is 0 Å². The minimum atomic E-state index is 0.687. The lowest BCUT2D eigenvalue weighted by molar-refractivity contribution is 0.00907. The Kier molecular flexibility index (Phi) is 5.03. The standard InChI is InChI=1S/C12H24N2O2/c1-12(14-6-10-16-11-7-14)2-3-13-4-8-15-9-5-13/h12H,2-11H2,1H3. The minimum Gasteiger partial charge on any atom is -0.379 e. The first kappa shape index (κ1) is 12.3. The Morgan fingerprint density at radius 2 is 1.50 bits per heavy atom. The van der Waals surface area contributed by atoms with Crippen LogP contribution in [0.25, 0.3) is 0 Å². The largest absolute Gasteiger partial charge is 0.379 e. The molecule has 2 saturated heterocycles. The van der Waals surface area contributed by atoms with Crippen molar-refractivity contribution in [3.05, 3.63) is 0 Å². The molecule has 0 spiro atoms. The van der Waals surface area contributed by atoms with Gasteiger partial charge < -0.3 is 9.47 Å². The van der Waals surface area contributed by atoms with Crippen LogP contribution in [0.3, 0.4) is 0 Å². The maximum absolute atomic E-state index is 5.38. The minimum absolute atomic E-state index is 0.687. The van der Waals surface area contributed by atoms with Crippen LogP contribution in [0.5, 0.6) is 0 Å². The maximum Gasteiger partial charge on any atom is 0.0594 e. The smallest absolute Gasteiger partial charge is 0.0594 e. The molecule has 16 heavy (non-hydrogen) atoms. The molecule has 0 saturated carbocycles. The second-order valence-electron chi connectivity index (χ2n) is 4.74. The van der Waals surface area contributed by atoms with Gasteiger partial charge in [0.05, 0.1) is 26.4 Å². The van der Waals surface area contributed by atoms with E-state index in [1.807, 2.05) is 0 Å². The molecule has 2 aliphatic rings. The highest BCUT2D eigenvalue weighted by atomic mass is 16.5. The van der Waals surface area contributed by atoms with Crippen molar-refractivity contribution < 1.29 is 9.47 Å². The van der Waals surface area contributed by atoms with Crippen LogP contribution in [0, 0.1) is 0 Å². The van der Waals surface area contributed by atoms with Crippen LogP contribution in [0.15, 0.2) is 0 Å². The van der Waals surface area contributed by atoms with Gasteiger partial charge in [0.1, 0.15) is 0 Å². The topological polar surface area (TPSA) is 24.9 Å². The third kappa shape index (κ3) is 3.70. The molecule has 0 aromatic rings. The summed E-state index contributed by atoms with van der Waals surface area (Å²) >= 11 is 0. The third-order valence-electron chi connectivity index (χ3n) is 3.64. The molecule has 0 aromatic heterocycles. The molecule has 0 aromatic carbocycles. The zero-order valence-corrected chi connectivity index (χ0v) is 10.4. The average molecular weight is 228 g/mol. The molecular weight excluding hydrogens is 204 g/mol. The van der Waals surface area contributed by atoms with E-state index in [1.165, 1.54) is 13.0 Å². The molecule has 0 amide bonds. The fourth-order valence-corrected chi connectivity index (χ4v) is 2.40. The zero-order chi connectivity index (χ0) is 11.2. The highest BCUT2D eigenvalue weighted by molar-refractivity contribution is 4.72. The van der Waals surface area contributed by atoms with Crippen molar-refractivity contribution in [1.82, 2.24) is 9.80 Å². The summed E-state index contributed by atoms with van der Waals surface area (Å²) in [5.74, 6) is 0. The second kappa shape index (κ2) is 6.55. The molecule has 1 unspecified atom stereocenters. The number of hydrogen-bond donors (Lipinski definition) is 0. The van der Waals surface area contributed by atoms with Crippen molar-refractivity contribution in [1.29, 1.82) is 0 Å². The van der Waals surface area contributed by atoms with Gasteiger partial charge in [0.2, 0.25) is 0 Å². The van der Waals surface area contributed by atoms with Gasteiger partial charge in [-0.25, -0.2) is 0 Å². The van der Waals surface area contributed by atoms with Crippen LogP contribution in [0.1, 0.15) is 13.3 Å². The van der Waals surface area contributed by atoms with E-state index in [4.69, 9.17) is 9.47 Å². The van der Waals surface area contributed by atoms with Crippen molar-refractivity contribution in [2.24, 2.45) is 0 Å². The predicted octanol–water partition coefficient (Wildman–Crippen LogP) is 0.429. The van der Waals surface area contributed by atoms with Gasteiger partial charge >= 0.3 is 0 Å². The van der Waals surface area contributed by atoms with Crippen molar-refractivity contribution in [2.75, 3.05) is 59.2 Å². The van der Waals surface area contributed by atoms with Gasteiger partial charge in [-0.3, -0.25) is 9.80 Å². The lowest BCUT2D eigenvalue weighted by Crippen LogP contribution is -2.44. The van der Waals surface area contributed by atoms with E-state index in [9.17, 15) is 0 Å². The SMILES string of the molecule is CC(CCN1CCOCC1)N1CCOCC1. The van der Waals surface area contributed by atoms with E-state index < -0.39 is 0 Å². The molecule has 2 fully saturated rings. The molecule has 2 aliphatic heterocycles. The van der Waals surface area contributed by atoms with E-state index in [0.717, 1.165) is 52.6 Å². The molecule has 0 bridgehead atoms. The average Bonchev–Trinajstić information content (AvgIpc) is 2.38. The van der Waals surface area contributed by atoms with Gasteiger partial charge in [0, 0.05) is 32.2 Å². The summed E-state index contributed by atoms with van der Waals surface area (Å²) in [6.45, 7) is 11.6. The maximum atomic E-state index is 5.38. The predicted molar refractivity (Wildman–Crippen MR) is 63.7 cm³/mol. The highest BCUT2D eigenvalue weighted by Gasteiger charge is 2.18. The highest BCUT2D eigenvalue weighted by Crippen LogP contribution is 2.08. The van der Waals surface area contributed by atoms with Crippen LogP contribution < -0.4 is 0 Å². The lowest BCUT2D eigenvalue weighted by Gasteiger charge is -2.34. The van der Waals surface area contributed by atoms with E-state index in [1.54, 1.807) is 0 Å². The van der Waals surface area contributed by atoms with Gasteiger partial charge in [0.25, 0.3) is 0 Å². The van der Waals surface area contributed by atoms with Crippen LogP contribution >= 0.6 is 0 Å². The van der Waals surface area contributed by atoms with Gasteiger partial charge in [-0.15, -0.1) is 0 Å². The number of nitrogens with zero attached hydrogens (tertiary/aromatic N) is 2. The Labute approximate surface area is 98.5 Å². The summed E-state index contributed by atoms with van der Waals surface area (Å²) in [7, 11) is 0. The van der Waals surface area contributed by atoms with Crippen LogP contribution in [-0.4, -0.2) is 75.0 Å². The van der Waals surface area contributed by atoms with Crippen LogP contribution in [0.2, 0.25) is 0 Å². The second-order valence-corrected chi connectivity index (χ2v) is 4.74. The summed E-state index contributed by atoms with van der Waals surface area (Å²) in [4.78, 5) is 5.06. The van der Waals surface area contributed by atoms with Crippen molar-refractivity contribution in [3.63, 3.8) is 0 Å². The molecule has 2 rings (SSSR count). The van der Waals surface area contributed by atoms with E-state index in [2.05, 4.69) is 16.7 Å². The monoisotopic (exact) mass is 228 g/mol. The number of rotatable bonds is 4. The van der Waals surface area contributed by atoms with Gasteiger partial charge in [-0.05, 0) is 19.9 Å².